The third-order valence-electron chi connectivity index (χ3n) is 3.83. The highest BCUT2D eigenvalue weighted by Crippen LogP contribution is 2.28. The van der Waals surface area contributed by atoms with Crippen molar-refractivity contribution in [1.29, 1.82) is 0 Å². The summed E-state index contributed by atoms with van der Waals surface area (Å²) >= 11 is 0. The van der Waals surface area contributed by atoms with Gasteiger partial charge in [0.1, 0.15) is 0 Å². The number of benzene rings is 2. The molecule has 0 saturated carbocycles. The fourth-order valence-electron chi connectivity index (χ4n) is 2.38. The molecular weight excluding hydrogens is 346 g/mol. The van der Waals surface area contributed by atoms with Crippen molar-refractivity contribution in [3.8, 4) is 11.5 Å². The zero-order chi connectivity index (χ0) is 19.6. The second-order valence-corrected chi connectivity index (χ2v) is 5.76. The van der Waals surface area contributed by atoms with E-state index in [-0.39, 0.29) is 18.4 Å². The Labute approximate surface area is 159 Å². The molecule has 144 valence electrons. The normalized spacial score (nSPS) is 10.2. The molecule has 0 radical (unpaired) electrons. The lowest BCUT2D eigenvalue weighted by atomic mass is 10.1. The Kier molecular flexibility index (Phi) is 7.63. The monoisotopic (exact) mass is 371 g/mol. The fraction of sp³-hybridized carbons (Fsp3) is 0.300. The van der Waals surface area contributed by atoms with Gasteiger partial charge in [-0.3, -0.25) is 9.59 Å². The van der Waals surface area contributed by atoms with Crippen molar-refractivity contribution >= 4 is 17.5 Å². The Morgan fingerprint density at radius 2 is 1.89 bits per heavy atom. The van der Waals surface area contributed by atoms with E-state index in [0.29, 0.717) is 22.7 Å². The van der Waals surface area contributed by atoms with Crippen molar-refractivity contribution in [2.45, 2.75) is 13.5 Å². The fourth-order valence-corrected chi connectivity index (χ4v) is 2.38. The van der Waals surface area contributed by atoms with Gasteiger partial charge in [0.2, 0.25) is 0 Å². The van der Waals surface area contributed by atoms with E-state index in [0.717, 1.165) is 18.7 Å². The Morgan fingerprint density at radius 3 is 2.59 bits per heavy atom. The van der Waals surface area contributed by atoms with Crippen LogP contribution in [0.2, 0.25) is 0 Å². The Morgan fingerprint density at radius 1 is 1.07 bits per heavy atom. The largest absolute Gasteiger partial charge is 0.493 e. The highest BCUT2D eigenvalue weighted by atomic mass is 16.5. The van der Waals surface area contributed by atoms with E-state index in [1.54, 1.807) is 18.2 Å². The van der Waals surface area contributed by atoms with Crippen molar-refractivity contribution in [2.24, 2.45) is 0 Å². The third-order valence-corrected chi connectivity index (χ3v) is 3.83. The first-order valence-electron chi connectivity index (χ1n) is 8.69. The molecular formula is C20H25N3O4. The first-order valence-corrected chi connectivity index (χ1v) is 8.69. The van der Waals surface area contributed by atoms with E-state index in [2.05, 4.69) is 16.0 Å². The molecule has 2 amide bonds. The summed E-state index contributed by atoms with van der Waals surface area (Å²) in [6.07, 6.45) is 0. The van der Waals surface area contributed by atoms with Crippen LogP contribution in [0.1, 0.15) is 22.8 Å². The lowest BCUT2D eigenvalue weighted by molar-refractivity contribution is -0.122. The van der Waals surface area contributed by atoms with Gasteiger partial charge in [0.15, 0.2) is 18.1 Å². The van der Waals surface area contributed by atoms with Crippen molar-refractivity contribution in [1.82, 2.24) is 10.6 Å². The first-order chi connectivity index (χ1) is 13.1. The minimum absolute atomic E-state index is 0.128. The van der Waals surface area contributed by atoms with E-state index in [4.69, 9.17) is 9.47 Å². The van der Waals surface area contributed by atoms with Crippen LogP contribution in [0.25, 0.3) is 0 Å². The lowest BCUT2D eigenvalue weighted by Gasteiger charge is -2.12. The first kappa shape index (κ1) is 20.3. The van der Waals surface area contributed by atoms with Crippen LogP contribution in [-0.2, 0) is 11.3 Å². The second kappa shape index (κ2) is 10.2. The molecule has 7 nitrogen and oxygen atoms in total. The quantitative estimate of drug-likeness (QED) is 0.629. The molecule has 0 bridgehead atoms. The number of anilines is 1. The maximum absolute atomic E-state index is 12.5. The summed E-state index contributed by atoms with van der Waals surface area (Å²) in [7, 11) is 3.01. The van der Waals surface area contributed by atoms with Gasteiger partial charge in [0, 0.05) is 24.8 Å². The number of hydrogen-bond acceptors (Lipinski definition) is 5. The summed E-state index contributed by atoms with van der Waals surface area (Å²) in [5.41, 5.74) is 2.23. The van der Waals surface area contributed by atoms with E-state index in [1.165, 1.54) is 14.2 Å². The number of methoxy groups -OCH3 is 1. The predicted octanol–water partition coefficient (Wildman–Crippen LogP) is 2.18. The maximum Gasteiger partial charge on any atom is 0.257 e. The number of rotatable bonds is 9. The maximum atomic E-state index is 12.5. The highest BCUT2D eigenvalue weighted by molar-refractivity contribution is 6.04. The summed E-state index contributed by atoms with van der Waals surface area (Å²) in [6.45, 7) is 3.54. The Bertz CT molecular complexity index is 793. The average Bonchev–Trinajstić information content (AvgIpc) is 2.70. The molecule has 3 N–H and O–H groups in total. The minimum atomic E-state index is -0.258. The van der Waals surface area contributed by atoms with Gasteiger partial charge in [-0.2, -0.15) is 0 Å². The van der Waals surface area contributed by atoms with Gasteiger partial charge in [-0.1, -0.05) is 19.1 Å². The van der Waals surface area contributed by atoms with E-state index in [1.807, 2.05) is 31.2 Å². The van der Waals surface area contributed by atoms with Crippen molar-refractivity contribution in [2.75, 3.05) is 32.6 Å². The van der Waals surface area contributed by atoms with Crippen LogP contribution in [-0.4, -0.2) is 39.1 Å². The molecule has 7 heteroatoms. The number of hydrogen-bond donors (Lipinski definition) is 3. The van der Waals surface area contributed by atoms with Gasteiger partial charge in [0.05, 0.1) is 7.11 Å². The molecule has 27 heavy (non-hydrogen) atoms. The highest BCUT2D eigenvalue weighted by Gasteiger charge is 2.12. The number of carbonyl (C=O) groups is 2. The molecule has 0 atom stereocenters. The Balaban J connectivity index is 2.08. The molecule has 0 spiro atoms. The summed E-state index contributed by atoms with van der Waals surface area (Å²) in [4.78, 5) is 23.9. The van der Waals surface area contributed by atoms with Gasteiger partial charge < -0.3 is 25.4 Å². The molecule has 0 saturated heterocycles. The number of likely N-dealkylation sites (N-methyl/N-ethyl adjacent to an activating group) is 1. The van der Waals surface area contributed by atoms with Gasteiger partial charge in [-0.05, 0) is 42.4 Å². The van der Waals surface area contributed by atoms with E-state index in [9.17, 15) is 9.59 Å². The van der Waals surface area contributed by atoms with Gasteiger partial charge in [-0.15, -0.1) is 0 Å². The smallest absolute Gasteiger partial charge is 0.257 e. The number of nitrogens with one attached hydrogen (secondary N) is 3. The van der Waals surface area contributed by atoms with Crippen LogP contribution in [0.3, 0.4) is 0 Å². The van der Waals surface area contributed by atoms with Crippen molar-refractivity contribution < 1.29 is 19.1 Å². The zero-order valence-electron chi connectivity index (χ0n) is 15.8. The molecule has 2 aromatic rings. The molecule has 0 aliphatic rings. The lowest BCUT2D eigenvalue weighted by Crippen LogP contribution is -2.25. The van der Waals surface area contributed by atoms with Gasteiger partial charge in [-0.25, -0.2) is 0 Å². The number of amides is 2. The second-order valence-electron chi connectivity index (χ2n) is 5.76. The van der Waals surface area contributed by atoms with E-state index < -0.39 is 0 Å². The molecule has 2 aromatic carbocycles. The van der Waals surface area contributed by atoms with Crippen LogP contribution < -0.4 is 25.4 Å². The zero-order valence-corrected chi connectivity index (χ0v) is 15.8. The Hall–Kier alpha value is -3.06. The molecule has 0 aromatic heterocycles. The molecule has 0 heterocycles. The van der Waals surface area contributed by atoms with Crippen LogP contribution in [0, 0.1) is 0 Å². The summed E-state index contributed by atoms with van der Waals surface area (Å²) in [5, 5.41) is 8.60. The van der Waals surface area contributed by atoms with Gasteiger partial charge in [0.25, 0.3) is 11.8 Å². The summed E-state index contributed by atoms with van der Waals surface area (Å²) in [5.74, 6) is 0.265. The van der Waals surface area contributed by atoms with E-state index >= 15 is 0 Å². The number of ether oxygens (including phenoxy) is 2. The summed E-state index contributed by atoms with van der Waals surface area (Å²) in [6, 6.07) is 12.5. The molecule has 2 rings (SSSR count). The average molecular weight is 371 g/mol. The van der Waals surface area contributed by atoms with Gasteiger partial charge >= 0.3 is 0 Å². The minimum Gasteiger partial charge on any atom is -0.493 e. The number of carbonyl (C=O) groups excluding carboxylic acids is 2. The molecule has 0 fully saturated rings. The van der Waals surface area contributed by atoms with Crippen LogP contribution in [0.15, 0.2) is 42.5 Å². The standard InChI is InChI=1S/C20H25N3O4/c1-4-22-12-14-6-5-7-16(10-14)23-20(25)15-8-9-17(18(11-15)26-3)27-13-19(24)21-2/h5-11,22H,4,12-13H2,1-3H3,(H,21,24)(H,23,25). The van der Waals surface area contributed by atoms with Crippen molar-refractivity contribution in [3.63, 3.8) is 0 Å². The topological polar surface area (TPSA) is 88.7 Å². The third kappa shape index (κ3) is 6.00. The molecule has 0 unspecified atom stereocenters. The molecule has 0 aliphatic heterocycles. The molecule has 0 aliphatic carbocycles. The predicted molar refractivity (Wildman–Crippen MR) is 104 cm³/mol. The summed E-state index contributed by atoms with van der Waals surface area (Å²) < 4.78 is 10.7. The SMILES string of the molecule is CCNCc1cccc(NC(=O)c2ccc(OCC(=O)NC)c(OC)c2)c1. The van der Waals surface area contributed by atoms with Crippen LogP contribution in [0.5, 0.6) is 11.5 Å². The van der Waals surface area contributed by atoms with Crippen LogP contribution in [0.4, 0.5) is 5.69 Å². The van der Waals surface area contributed by atoms with Crippen LogP contribution >= 0.6 is 0 Å². The van der Waals surface area contributed by atoms with Crippen molar-refractivity contribution in [3.05, 3.63) is 53.6 Å².